The molecule has 2 aromatic rings. The summed E-state index contributed by atoms with van der Waals surface area (Å²) >= 11 is 9.00. The number of halogens is 2. The van der Waals surface area contributed by atoms with Gasteiger partial charge in [0.05, 0.1) is 11.4 Å². The molecular weight excluding hydrogens is 386 g/mol. The average Bonchev–Trinajstić information content (AvgIpc) is 2.76. The van der Waals surface area contributed by atoms with Gasteiger partial charge in [-0.15, -0.1) is 0 Å². The molecule has 0 spiro atoms. The Labute approximate surface area is 133 Å². The van der Waals surface area contributed by atoms with E-state index < -0.39 is 26.6 Å². The monoisotopic (exact) mass is 393 g/mol. The van der Waals surface area contributed by atoms with Crippen LogP contribution in [0.4, 0.5) is 5.69 Å². The van der Waals surface area contributed by atoms with Crippen LogP contribution >= 0.6 is 27.5 Å². The van der Waals surface area contributed by atoms with Crippen LogP contribution in [0.1, 0.15) is 16.2 Å². The fourth-order valence-corrected chi connectivity index (χ4v) is 3.71. The number of H-pyrrole nitrogens is 1. The lowest BCUT2D eigenvalue weighted by Crippen LogP contribution is -2.17. The van der Waals surface area contributed by atoms with Crippen LogP contribution in [-0.2, 0) is 10.0 Å². The molecule has 0 aliphatic heterocycles. The van der Waals surface area contributed by atoms with Gasteiger partial charge in [0.1, 0.15) is 4.90 Å². The quantitative estimate of drug-likeness (QED) is 0.738. The molecule has 112 valence electrons. The van der Waals surface area contributed by atoms with Crippen molar-refractivity contribution in [3.05, 3.63) is 39.1 Å². The van der Waals surface area contributed by atoms with Crippen molar-refractivity contribution in [2.45, 2.75) is 11.8 Å². The van der Waals surface area contributed by atoms with E-state index in [2.05, 4.69) is 30.8 Å². The van der Waals surface area contributed by atoms with E-state index in [-0.39, 0.29) is 11.4 Å². The highest BCUT2D eigenvalue weighted by molar-refractivity contribution is 9.10. The molecule has 0 aliphatic rings. The van der Waals surface area contributed by atoms with Crippen molar-refractivity contribution < 1.29 is 18.3 Å². The summed E-state index contributed by atoms with van der Waals surface area (Å²) in [6, 6.07) is 4.55. The summed E-state index contributed by atoms with van der Waals surface area (Å²) < 4.78 is 27.5. The number of aromatic amines is 1. The first-order valence-corrected chi connectivity index (χ1v) is 8.14. The topological polar surface area (TPSA) is 112 Å². The van der Waals surface area contributed by atoms with Gasteiger partial charge in [-0.25, -0.2) is 13.2 Å². The van der Waals surface area contributed by atoms with Crippen LogP contribution in [0.3, 0.4) is 0 Å². The molecule has 1 aromatic heterocycles. The number of hydrogen-bond donors (Lipinski definition) is 3. The molecule has 0 saturated carbocycles. The zero-order chi connectivity index (χ0) is 15.8. The van der Waals surface area contributed by atoms with E-state index in [9.17, 15) is 13.2 Å². The number of aryl methyl sites for hydroxylation is 1. The SMILES string of the molecule is Cc1[nH]nc(C(=O)O)c1S(=O)(=O)Nc1cc(Cl)ccc1Br. The number of rotatable bonds is 4. The number of benzene rings is 1. The number of carbonyl (C=O) groups is 1. The number of carboxylic acids is 1. The van der Waals surface area contributed by atoms with Gasteiger partial charge in [-0.05, 0) is 41.1 Å². The first-order valence-electron chi connectivity index (χ1n) is 5.48. The molecule has 1 heterocycles. The van der Waals surface area contributed by atoms with Gasteiger partial charge in [0.15, 0.2) is 5.69 Å². The minimum absolute atomic E-state index is 0.123. The van der Waals surface area contributed by atoms with Crippen LogP contribution in [0.15, 0.2) is 27.6 Å². The van der Waals surface area contributed by atoms with Crippen LogP contribution in [0.25, 0.3) is 0 Å². The molecule has 0 fully saturated rings. The van der Waals surface area contributed by atoms with E-state index in [0.29, 0.717) is 9.50 Å². The molecular formula is C11H9BrClN3O4S. The van der Waals surface area contributed by atoms with Crippen LogP contribution in [-0.4, -0.2) is 29.7 Å². The third-order valence-electron chi connectivity index (χ3n) is 2.54. The lowest BCUT2D eigenvalue weighted by Gasteiger charge is -2.10. The largest absolute Gasteiger partial charge is 0.476 e. The van der Waals surface area contributed by atoms with Crippen molar-refractivity contribution in [1.29, 1.82) is 0 Å². The van der Waals surface area contributed by atoms with Crippen LogP contribution < -0.4 is 4.72 Å². The van der Waals surface area contributed by atoms with E-state index in [1.54, 1.807) is 12.1 Å². The Morgan fingerprint density at radius 1 is 1.48 bits per heavy atom. The van der Waals surface area contributed by atoms with Crippen molar-refractivity contribution in [2.24, 2.45) is 0 Å². The summed E-state index contributed by atoms with van der Waals surface area (Å²) in [6.07, 6.45) is 0. The second kappa shape index (κ2) is 5.66. The van der Waals surface area contributed by atoms with Crippen LogP contribution in [0, 0.1) is 6.92 Å². The Bertz CT molecular complexity index is 819. The molecule has 7 nitrogen and oxygen atoms in total. The number of sulfonamides is 1. The minimum Gasteiger partial charge on any atom is -0.476 e. The van der Waals surface area contributed by atoms with E-state index in [4.69, 9.17) is 16.7 Å². The summed E-state index contributed by atoms with van der Waals surface area (Å²) in [5, 5.41) is 15.2. The van der Waals surface area contributed by atoms with Crippen molar-refractivity contribution in [1.82, 2.24) is 10.2 Å². The third-order valence-corrected chi connectivity index (χ3v) is 4.99. The Kier molecular flexibility index (Phi) is 4.26. The van der Waals surface area contributed by atoms with Crippen LogP contribution in [0.2, 0.25) is 5.02 Å². The van der Waals surface area contributed by atoms with Gasteiger partial charge in [0.25, 0.3) is 10.0 Å². The molecule has 21 heavy (non-hydrogen) atoms. The van der Waals surface area contributed by atoms with Crippen molar-refractivity contribution in [2.75, 3.05) is 4.72 Å². The van der Waals surface area contributed by atoms with Gasteiger partial charge >= 0.3 is 5.97 Å². The van der Waals surface area contributed by atoms with Gasteiger partial charge in [0, 0.05) is 9.50 Å². The second-order valence-electron chi connectivity index (χ2n) is 4.06. The van der Waals surface area contributed by atoms with E-state index in [1.165, 1.54) is 13.0 Å². The molecule has 2 rings (SSSR count). The number of nitrogens with zero attached hydrogens (tertiary/aromatic N) is 1. The summed E-state index contributed by atoms with van der Waals surface area (Å²) in [5.41, 5.74) is -0.254. The van der Waals surface area contributed by atoms with Crippen molar-refractivity contribution in [3.8, 4) is 0 Å². The van der Waals surface area contributed by atoms with E-state index in [1.807, 2.05) is 0 Å². The number of aromatic nitrogens is 2. The maximum absolute atomic E-state index is 12.4. The molecule has 0 bridgehead atoms. The highest BCUT2D eigenvalue weighted by Gasteiger charge is 2.28. The molecule has 0 unspecified atom stereocenters. The normalized spacial score (nSPS) is 11.4. The lowest BCUT2D eigenvalue weighted by atomic mass is 10.3. The van der Waals surface area contributed by atoms with E-state index in [0.717, 1.165) is 0 Å². The van der Waals surface area contributed by atoms with E-state index >= 15 is 0 Å². The number of aromatic carboxylic acids is 1. The maximum atomic E-state index is 12.4. The fourth-order valence-electron chi connectivity index (χ4n) is 1.66. The zero-order valence-corrected chi connectivity index (χ0v) is 13.7. The second-order valence-corrected chi connectivity index (χ2v) is 6.97. The molecule has 0 saturated heterocycles. The Morgan fingerprint density at radius 2 is 2.14 bits per heavy atom. The first kappa shape index (κ1) is 15.8. The Balaban J connectivity index is 2.51. The van der Waals surface area contributed by atoms with Gasteiger partial charge in [-0.2, -0.15) is 5.10 Å². The number of hydrogen-bond acceptors (Lipinski definition) is 4. The van der Waals surface area contributed by atoms with Gasteiger partial charge in [0.2, 0.25) is 0 Å². The summed E-state index contributed by atoms with van der Waals surface area (Å²) in [6.45, 7) is 1.42. The number of carboxylic acid groups (broad SMARTS) is 1. The predicted molar refractivity (Wildman–Crippen MR) is 80.2 cm³/mol. The zero-order valence-electron chi connectivity index (χ0n) is 10.5. The number of nitrogens with one attached hydrogen (secondary N) is 2. The maximum Gasteiger partial charge on any atom is 0.357 e. The molecule has 0 aliphatic carbocycles. The summed E-state index contributed by atoms with van der Waals surface area (Å²) in [7, 11) is -4.13. The summed E-state index contributed by atoms with van der Waals surface area (Å²) in [5.74, 6) is -1.44. The minimum atomic E-state index is -4.13. The predicted octanol–water partition coefficient (Wildman–Crippen LogP) is 2.63. The fraction of sp³-hybridized carbons (Fsp3) is 0.0909. The third kappa shape index (κ3) is 3.20. The highest BCUT2D eigenvalue weighted by atomic mass is 79.9. The Hall–Kier alpha value is -1.58. The van der Waals surface area contributed by atoms with Crippen molar-refractivity contribution in [3.63, 3.8) is 0 Å². The first-order chi connectivity index (χ1) is 9.72. The standard InChI is InChI=1S/C11H9BrClN3O4S/c1-5-10(9(11(17)18)15-14-5)21(19,20)16-8-4-6(13)2-3-7(8)12/h2-4,16H,1H3,(H,14,15)(H,17,18). The molecule has 1 aromatic carbocycles. The molecule has 3 N–H and O–H groups in total. The highest BCUT2D eigenvalue weighted by Crippen LogP contribution is 2.29. The Morgan fingerprint density at radius 3 is 2.76 bits per heavy atom. The molecule has 10 heteroatoms. The number of anilines is 1. The molecule has 0 amide bonds. The van der Waals surface area contributed by atoms with Gasteiger partial charge in [-0.3, -0.25) is 9.82 Å². The van der Waals surface area contributed by atoms with Crippen molar-refractivity contribution >= 4 is 49.2 Å². The molecule has 0 atom stereocenters. The smallest absolute Gasteiger partial charge is 0.357 e. The summed E-state index contributed by atoms with van der Waals surface area (Å²) in [4.78, 5) is 10.6. The molecule has 0 radical (unpaired) electrons. The lowest BCUT2D eigenvalue weighted by molar-refractivity contribution is 0.0686. The van der Waals surface area contributed by atoms with Gasteiger partial charge < -0.3 is 5.11 Å². The van der Waals surface area contributed by atoms with Gasteiger partial charge in [-0.1, -0.05) is 11.6 Å². The van der Waals surface area contributed by atoms with Crippen LogP contribution in [0.5, 0.6) is 0 Å². The average molecular weight is 395 g/mol.